The van der Waals surface area contributed by atoms with Crippen LogP contribution in [0.3, 0.4) is 0 Å². The van der Waals surface area contributed by atoms with Crippen molar-refractivity contribution < 1.29 is 28.7 Å². The van der Waals surface area contributed by atoms with Crippen LogP contribution in [0, 0.1) is 6.92 Å². The second kappa shape index (κ2) is 13.4. The SMILES string of the molecule is Cc1ccc2cc1Oc1cccc(c1)CO[C@H]1CN(C(=O)CCC(=O)N3CCCCCC3)C[C@@H]1NC(=O)CN(C)C2=O. The number of fused-ring (bicyclic) bond motifs is 5. The first-order chi connectivity index (χ1) is 20.3. The summed E-state index contributed by atoms with van der Waals surface area (Å²) in [7, 11) is 1.58. The molecule has 3 heterocycles. The molecule has 0 radical (unpaired) electrons. The van der Waals surface area contributed by atoms with Gasteiger partial charge in [0.2, 0.25) is 17.7 Å². The number of likely N-dealkylation sites (tertiary alicyclic amines) is 2. The minimum absolute atomic E-state index is 0.0229. The summed E-state index contributed by atoms with van der Waals surface area (Å²) in [6, 6.07) is 12.3. The fraction of sp³-hybridized carbons (Fsp3) is 0.500. The van der Waals surface area contributed by atoms with Crippen molar-refractivity contribution in [1.82, 2.24) is 20.0 Å². The van der Waals surface area contributed by atoms with Crippen LogP contribution in [0.1, 0.15) is 60.0 Å². The quantitative estimate of drug-likeness (QED) is 0.601. The van der Waals surface area contributed by atoms with Crippen molar-refractivity contribution >= 4 is 23.6 Å². The summed E-state index contributed by atoms with van der Waals surface area (Å²) in [4.78, 5) is 57.0. The Bertz CT molecular complexity index is 1320. The van der Waals surface area contributed by atoms with Gasteiger partial charge < -0.3 is 29.5 Å². The van der Waals surface area contributed by atoms with Crippen molar-refractivity contribution in [2.24, 2.45) is 0 Å². The third-order valence-corrected chi connectivity index (χ3v) is 8.23. The van der Waals surface area contributed by atoms with Crippen LogP contribution in [0.25, 0.3) is 0 Å². The van der Waals surface area contributed by atoms with Gasteiger partial charge in [-0.05, 0) is 55.2 Å². The highest BCUT2D eigenvalue weighted by molar-refractivity contribution is 5.97. The van der Waals surface area contributed by atoms with E-state index in [0.717, 1.165) is 49.9 Å². The number of carbonyl (C=O) groups is 4. The smallest absolute Gasteiger partial charge is 0.254 e. The summed E-state index contributed by atoms with van der Waals surface area (Å²) >= 11 is 0. The van der Waals surface area contributed by atoms with Crippen molar-refractivity contribution in [3.05, 3.63) is 59.2 Å². The molecule has 4 bridgehead atoms. The number of nitrogens with zero attached hydrogens (tertiary/aromatic N) is 3. The first-order valence-corrected chi connectivity index (χ1v) is 14.9. The zero-order valence-electron chi connectivity index (χ0n) is 24.5. The number of likely N-dealkylation sites (N-methyl/N-ethyl adjacent to an activating group) is 1. The second-order valence-electron chi connectivity index (χ2n) is 11.5. The van der Waals surface area contributed by atoms with Gasteiger partial charge in [-0.15, -0.1) is 0 Å². The lowest BCUT2D eigenvalue weighted by Gasteiger charge is -2.23. The predicted octanol–water partition coefficient (Wildman–Crippen LogP) is 3.27. The maximum atomic E-state index is 13.2. The molecule has 4 amide bonds. The normalized spacial score (nSPS) is 21.7. The number of benzene rings is 2. The molecule has 0 saturated carbocycles. The fourth-order valence-electron chi connectivity index (χ4n) is 5.77. The summed E-state index contributed by atoms with van der Waals surface area (Å²) in [5.74, 6) is 0.421. The van der Waals surface area contributed by atoms with Crippen LogP contribution in [0.2, 0.25) is 0 Å². The summed E-state index contributed by atoms with van der Waals surface area (Å²) < 4.78 is 12.4. The fourth-order valence-corrected chi connectivity index (χ4v) is 5.77. The van der Waals surface area contributed by atoms with Crippen LogP contribution in [0.5, 0.6) is 11.5 Å². The molecule has 42 heavy (non-hydrogen) atoms. The number of ether oxygens (including phenoxy) is 2. The highest BCUT2D eigenvalue weighted by Gasteiger charge is 2.37. The molecule has 1 N–H and O–H groups in total. The zero-order valence-corrected chi connectivity index (χ0v) is 24.5. The third-order valence-electron chi connectivity index (χ3n) is 8.23. The molecule has 5 rings (SSSR count). The van der Waals surface area contributed by atoms with Crippen LogP contribution < -0.4 is 10.1 Å². The zero-order chi connectivity index (χ0) is 29.6. The van der Waals surface area contributed by atoms with E-state index in [1.54, 1.807) is 24.1 Å². The number of amides is 4. The lowest BCUT2D eigenvalue weighted by Crippen LogP contribution is -2.48. The number of hydrogen-bond acceptors (Lipinski definition) is 6. The van der Waals surface area contributed by atoms with Gasteiger partial charge in [-0.2, -0.15) is 0 Å². The van der Waals surface area contributed by atoms with Gasteiger partial charge in [0.05, 0.1) is 25.3 Å². The van der Waals surface area contributed by atoms with E-state index in [1.165, 1.54) is 4.90 Å². The molecule has 2 aromatic rings. The lowest BCUT2D eigenvalue weighted by atomic mass is 10.1. The van der Waals surface area contributed by atoms with Crippen LogP contribution in [-0.4, -0.2) is 90.2 Å². The number of nitrogens with one attached hydrogen (secondary N) is 1. The Labute approximate surface area is 246 Å². The minimum atomic E-state index is -0.454. The molecule has 2 aromatic carbocycles. The lowest BCUT2D eigenvalue weighted by molar-refractivity contribution is -0.136. The number of rotatable bonds is 3. The summed E-state index contributed by atoms with van der Waals surface area (Å²) in [6.45, 7) is 4.11. The Kier molecular flexibility index (Phi) is 9.41. The molecule has 3 aliphatic heterocycles. The van der Waals surface area contributed by atoms with E-state index in [1.807, 2.05) is 42.2 Å². The summed E-state index contributed by atoms with van der Waals surface area (Å²) in [6.07, 6.45) is 4.14. The van der Waals surface area contributed by atoms with Gasteiger partial charge >= 0.3 is 0 Å². The highest BCUT2D eigenvalue weighted by atomic mass is 16.5. The van der Waals surface area contributed by atoms with Crippen molar-refractivity contribution in [1.29, 1.82) is 0 Å². The van der Waals surface area contributed by atoms with Crippen LogP contribution >= 0.6 is 0 Å². The maximum Gasteiger partial charge on any atom is 0.254 e. The first-order valence-electron chi connectivity index (χ1n) is 14.9. The molecule has 0 aliphatic carbocycles. The molecule has 0 aromatic heterocycles. The Balaban J connectivity index is 1.29. The van der Waals surface area contributed by atoms with Crippen LogP contribution in [0.4, 0.5) is 0 Å². The van der Waals surface area contributed by atoms with E-state index < -0.39 is 12.1 Å². The molecule has 2 saturated heterocycles. The molecule has 2 fully saturated rings. The van der Waals surface area contributed by atoms with Gasteiger partial charge in [-0.3, -0.25) is 19.2 Å². The summed E-state index contributed by atoms with van der Waals surface area (Å²) in [5.41, 5.74) is 2.17. The molecular weight excluding hydrogens is 536 g/mol. The van der Waals surface area contributed by atoms with Crippen molar-refractivity contribution in [3.8, 4) is 11.5 Å². The van der Waals surface area contributed by atoms with E-state index >= 15 is 0 Å². The second-order valence-corrected chi connectivity index (χ2v) is 11.5. The molecular formula is C32H40N4O6. The van der Waals surface area contributed by atoms with Crippen molar-refractivity contribution in [2.45, 2.75) is 64.2 Å². The molecule has 10 nitrogen and oxygen atoms in total. The molecule has 224 valence electrons. The predicted molar refractivity (Wildman–Crippen MR) is 156 cm³/mol. The van der Waals surface area contributed by atoms with Gasteiger partial charge in [-0.25, -0.2) is 0 Å². The van der Waals surface area contributed by atoms with E-state index in [0.29, 0.717) is 23.6 Å². The van der Waals surface area contributed by atoms with Crippen molar-refractivity contribution in [2.75, 3.05) is 39.8 Å². The Morgan fingerprint density at radius 1 is 0.929 bits per heavy atom. The van der Waals surface area contributed by atoms with Gasteiger partial charge in [-0.1, -0.05) is 31.0 Å². The molecule has 3 aliphatic rings. The van der Waals surface area contributed by atoms with Gasteiger partial charge in [0.25, 0.3) is 5.91 Å². The Morgan fingerprint density at radius 3 is 2.43 bits per heavy atom. The maximum absolute atomic E-state index is 13.2. The first kappa shape index (κ1) is 29.6. The van der Waals surface area contributed by atoms with Gasteiger partial charge in [0, 0.05) is 51.6 Å². The average Bonchev–Trinajstić information content (AvgIpc) is 3.17. The number of hydrogen-bond donors (Lipinski definition) is 1. The standard InChI is InChI=1S/C32H40N4O6/c1-22-10-11-24-17-27(22)42-25-9-7-8-23(16-25)21-41-28-19-36(18-26(28)33-29(37)20-34(2)32(24)40)31(39)13-12-30(38)35-14-5-3-4-6-15-35/h7-11,16-17,26,28H,3-6,12-15,18-21H2,1-2H3,(H,33,37)/t26-,28-/m0/s1. The Hall–Kier alpha value is -3.92. The van der Waals surface area contributed by atoms with Crippen LogP contribution in [-0.2, 0) is 25.7 Å². The van der Waals surface area contributed by atoms with Gasteiger partial charge in [0.1, 0.15) is 11.5 Å². The van der Waals surface area contributed by atoms with E-state index in [-0.39, 0.29) is 56.2 Å². The third kappa shape index (κ3) is 7.28. The highest BCUT2D eigenvalue weighted by Crippen LogP contribution is 2.28. The van der Waals surface area contributed by atoms with Crippen LogP contribution in [0.15, 0.2) is 42.5 Å². The van der Waals surface area contributed by atoms with E-state index in [9.17, 15) is 19.2 Å². The van der Waals surface area contributed by atoms with Crippen molar-refractivity contribution in [3.63, 3.8) is 0 Å². The minimum Gasteiger partial charge on any atom is -0.457 e. The molecule has 0 unspecified atom stereocenters. The van der Waals surface area contributed by atoms with E-state index in [4.69, 9.17) is 9.47 Å². The monoisotopic (exact) mass is 576 g/mol. The number of carbonyl (C=O) groups excluding carboxylic acids is 4. The molecule has 10 heteroatoms. The van der Waals surface area contributed by atoms with E-state index in [2.05, 4.69) is 5.32 Å². The van der Waals surface area contributed by atoms with Gasteiger partial charge in [0.15, 0.2) is 0 Å². The largest absolute Gasteiger partial charge is 0.457 e. The average molecular weight is 577 g/mol. The molecule has 0 spiro atoms. The number of aryl methyl sites for hydroxylation is 1. The topological polar surface area (TPSA) is 108 Å². The molecule has 2 atom stereocenters. The Morgan fingerprint density at radius 2 is 1.67 bits per heavy atom. The summed E-state index contributed by atoms with van der Waals surface area (Å²) in [5, 5.41) is 2.99.